The summed E-state index contributed by atoms with van der Waals surface area (Å²) in [5.41, 5.74) is 2.83. The Bertz CT molecular complexity index is 691. The smallest absolute Gasteiger partial charge is 0.326 e. The van der Waals surface area contributed by atoms with E-state index >= 15 is 0 Å². The summed E-state index contributed by atoms with van der Waals surface area (Å²) >= 11 is 0. The minimum Gasteiger partial charge on any atom is -0.457 e. The molecule has 0 aliphatic carbocycles. The number of carbonyl (C=O) groups is 2. The number of nitrogens with one attached hydrogen (secondary N) is 1. The Morgan fingerprint density at radius 1 is 1.30 bits per heavy atom. The molecular formula is C18H20N2O3. The van der Waals surface area contributed by atoms with Gasteiger partial charge in [-0.15, -0.1) is 0 Å². The molecule has 0 fully saturated rings. The Labute approximate surface area is 135 Å². The second kappa shape index (κ2) is 6.96. The minimum atomic E-state index is -0.485. The Morgan fingerprint density at radius 2 is 2.00 bits per heavy atom. The largest absolute Gasteiger partial charge is 0.457 e. The molecule has 23 heavy (non-hydrogen) atoms. The molecule has 0 aromatic heterocycles. The summed E-state index contributed by atoms with van der Waals surface area (Å²) < 4.78 is 5.47. The maximum Gasteiger partial charge on any atom is 0.326 e. The van der Waals surface area contributed by atoms with E-state index < -0.39 is 6.10 Å². The van der Waals surface area contributed by atoms with E-state index in [0.29, 0.717) is 17.8 Å². The highest BCUT2D eigenvalue weighted by Crippen LogP contribution is 2.40. The van der Waals surface area contributed by atoms with Gasteiger partial charge >= 0.3 is 12.0 Å². The van der Waals surface area contributed by atoms with Gasteiger partial charge in [-0.2, -0.15) is 0 Å². The molecule has 0 radical (unpaired) electrons. The van der Waals surface area contributed by atoms with Crippen LogP contribution in [0.1, 0.15) is 25.0 Å². The van der Waals surface area contributed by atoms with Gasteiger partial charge in [0.15, 0.2) is 0 Å². The number of hydrogen-bond acceptors (Lipinski definition) is 3. The SMILES string of the molecule is C=CC1=C(C=C)N(C(=O)NC)c2ccccc2[C@@H](OC(C)=O)C1. The number of carbonyl (C=O) groups excluding carboxylic acids is 2. The highest BCUT2D eigenvalue weighted by molar-refractivity contribution is 5.97. The van der Waals surface area contributed by atoms with Crippen molar-refractivity contribution in [1.82, 2.24) is 5.32 Å². The number of hydrogen-bond donors (Lipinski definition) is 1. The fourth-order valence-electron chi connectivity index (χ4n) is 2.70. The molecule has 1 N–H and O–H groups in total. The van der Waals surface area contributed by atoms with Crippen LogP contribution in [0, 0.1) is 0 Å². The Kier molecular flexibility index (Phi) is 5.01. The second-order valence-corrected chi connectivity index (χ2v) is 5.07. The van der Waals surface area contributed by atoms with Crippen molar-refractivity contribution in [2.75, 3.05) is 11.9 Å². The average Bonchev–Trinajstić information content (AvgIpc) is 2.68. The molecule has 1 heterocycles. The molecule has 5 nitrogen and oxygen atoms in total. The standard InChI is InChI=1S/C18H20N2O3/c1-5-13-11-17(23-12(3)21)14-9-7-8-10-16(14)20(15(13)6-2)18(22)19-4/h5-10,17H,1-2,11H2,3-4H3,(H,19,22)/t17-/m0/s1. The van der Waals surface area contributed by atoms with E-state index in [2.05, 4.69) is 18.5 Å². The predicted molar refractivity (Wildman–Crippen MR) is 89.9 cm³/mol. The molecule has 2 rings (SSSR count). The molecule has 5 heteroatoms. The lowest BCUT2D eigenvalue weighted by Crippen LogP contribution is -2.37. The number of fused-ring (bicyclic) bond motifs is 1. The van der Waals surface area contributed by atoms with Gasteiger partial charge in [0.05, 0.1) is 11.4 Å². The number of para-hydroxylation sites is 1. The van der Waals surface area contributed by atoms with Crippen molar-refractivity contribution in [3.05, 3.63) is 66.4 Å². The van der Waals surface area contributed by atoms with Gasteiger partial charge in [0, 0.05) is 26.0 Å². The van der Waals surface area contributed by atoms with Crippen molar-refractivity contribution in [2.24, 2.45) is 0 Å². The Balaban J connectivity index is 2.71. The number of amides is 2. The molecular weight excluding hydrogens is 292 g/mol. The van der Waals surface area contributed by atoms with Crippen LogP contribution in [-0.2, 0) is 9.53 Å². The van der Waals surface area contributed by atoms with E-state index in [1.807, 2.05) is 24.3 Å². The number of ether oxygens (including phenoxy) is 1. The summed E-state index contributed by atoms with van der Waals surface area (Å²) in [7, 11) is 1.56. The number of urea groups is 1. The van der Waals surface area contributed by atoms with E-state index in [4.69, 9.17) is 4.74 Å². The van der Waals surface area contributed by atoms with Crippen LogP contribution in [0.3, 0.4) is 0 Å². The first-order chi connectivity index (χ1) is 11.0. The maximum atomic E-state index is 12.4. The van der Waals surface area contributed by atoms with Crippen LogP contribution in [0.2, 0.25) is 0 Å². The summed E-state index contributed by atoms with van der Waals surface area (Å²) in [6.07, 6.45) is 3.21. The molecule has 0 saturated carbocycles. The zero-order chi connectivity index (χ0) is 17.0. The van der Waals surface area contributed by atoms with E-state index in [-0.39, 0.29) is 12.0 Å². The van der Waals surface area contributed by atoms with Crippen LogP contribution in [-0.4, -0.2) is 19.0 Å². The molecule has 1 atom stereocenters. The summed E-state index contributed by atoms with van der Waals surface area (Å²) in [6.45, 7) is 9.00. The van der Waals surface area contributed by atoms with Gasteiger partial charge in [-0.05, 0) is 17.7 Å². The third-order valence-electron chi connectivity index (χ3n) is 3.66. The zero-order valence-electron chi connectivity index (χ0n) is 13.3. The number of rotatable bonds is 3. The zero-order valence-corrected chi connectivity index (χ0v) is 13.3. The minimum absolute atomic E-state index is 0.296. The second-order valence-electron chi connectivity index (χ2n) is 5.07. The number of nitrogens with zero attached hydrogens (tertiary/aromatic N) is 1. The number of anilines is 1. The van der Waals surface area contributed by atoms with Crippen molar-refractivity contribution in [3.63, 3.8) is 0 Å². The maximum absolute atomic E-state index is 12.4. The summed E-state index contributed by atoms with van der Waals surface area (Å²) in [4.78, 5) is 25.4. The van der Waals surface area contributed by atoms with Crippen molar-refractivity contribution < 1.29 is 14.3 Å². The molecule has 0 unspecified atom stereocenters. The van der Waals surface area contributed by atoms with Gasteiger partial charge in [-0.3, -0.25) is 9.69 Å². The third kappa shape index (κ3) is 3.18. The van der Waals surface area contributed by atoms with Gasteiger partial charge < -0.3 is 10.1 Å². The molecule has 2 amide bonds. The summed E-state index contributed by atoms with van der Waals surface area (Å²) in [6, 6.07) is 7.06. The Morgan fingerprint density at radius 3 is 2.57 bits per heavy atom. The highest BCUT2D eigenvalue weighted by atomic mass is 16.5. The van der Waals surface area contributed by atoms with Crippen LogP contribution < -0.4 is 10.2 Å². The molecule has 1 aromatic rings. The fraction of sp³-hybridized carbons (Fsp3) is 0.222. The molecule has 1 aromatic carbocycles. The van der Waals surface area contributed by atoms with Crippen molar-refractivity contribution in [1.29, 1.82) is 0 Å². The van der Waals surface area contributed by atoms with Gasteiger partial charge in [0.25, 0.3) is 0 Å². The monoisotopic (exact) mass is 312 g/mol. The lowest BCUT2D eigenvalue weighted by molar-refractivity contribution is -0.146. The van der Waals surface area contributed by atoms with Gasteiger partial charge in [-0.1, -0.05) is 37.4 Å². The van der Waals surface area contributed by atoms with E-state index in [1.165, 1.54) is 11.8 Å². The summed E-state index contributed by atoms with van der Waals surface area (Å²) in [5, 5.41) is 2.63. The fourth-order valence-corrected chi connectivity index (χ4v) is 2.70. The van der Waals surface area contributed by atoms with Gasteiger partial charge in [-0.25, -0.2) is 4.79 Å². The number of allylic oxidation sites excluding steroid dienone is 2. The van der Waals surface area contributed by atoms with Crippen molar-refractivity contribution in [3.8, 4) is 0 Å². The molecule has 0 spiro atoms. The van der Waals surface area contributed by atoms with Crippen LogP contribution in [0.15, 0.2) is 60.8 Å². The van der Waals surface area contributed by atoms with E-state index in [9.17, 15) is 9.59 Å². The van der Waals surface area contributed by atoms with Gasteiger partial charge in [0.1, 0.15) is 6.10 Å². The van der Waals surface area contributed by atoms with E-state index in [0.717, 1.165) is 11.1 Å². The van der Waals surface area contributed by atoms with Crippen LogP contribution in [0.5, 0.6) is 0 Å². The lowest BCUT2D eigenvalue weighted by Gasteiger charge is -2.25. The lowest BCUT2D eigenvalue weighted by atomic mass is 10.0. The quantitative estimate of drug-likeness (QED) is 0.870. The Hall–Kier alpha value is -2.82. The predicted octanol–water partition coefficient (Wildman–Crippen LogP) is 3.47. The van der Waals surface area contributed by atoms with Gasteiger partial charge in [0.2, 0.25) is 0 Å². The molecule has 0 bridgehead atoms. The molecule has 1 aliphatic rings. The summed E-state index contributed by atoms with van der Waals surface area (Å²) in [5.74, 6) is -0.373. The first-order valence-electron chi connectivity index (χ1n) is 7.29. The molecule has 120 valence electrons. The molecule has 1 aliphatic heterocycles. The first-order valence-corrected chi connectivity index (χ1v) is 7.29. The normalized spacial score (nSPS) is 17.0. The number of esters is 1. The van der Waals surface area contributed by atoms with Crippen molar-refractivity contribution in [2.45, 2.75) is 19.4 Å². The first kappa shape index (κ1) is 16.5. The van der Waals surface area contributed by atoms with Crippen LogP contribution >= 0.6 is 0 Å². The van der Waals surface area contributed by atoms with Crippen molar-refractivity contribution >= 4 is 17.7 Å². The number of benzene rings is 1. The molecule has 0 saturated heterocycles. The average molecular weight is 312 g/mol. The topological polar surface area (TPSA) is 58.6 Å². The van der Waals surface area contributed by atoms with Crippen LogP contribution in [0.4, 0.5) is 10.5 Å². The van der Waals surface area contributed by atoms with Crippen LogP contribution in [0.25, 0.3) is 0 Å². The highest BCUT2D eigenvalue weighted by Gasteiger charge is 2.31. The third-order valence-corrected chi connectivity index (χ3v) is 3.66. The van der Waals surface area contributed by atoms with E-state index in [1.54, 1.807) is 19.2 Å².